The third-order valence-electron chi connectivity index (χ3n) is 4.71. The molecular formula is C16H25N3OS. The number of carbonyl (C=O) groups excluding carboxylic acids is 1. The molecule has 1 atom stereocenters. The number of aromatic nitrogens is 1. The number of aryl methyl sites for hydroxylation is 1. The summed E-state index contributed by atoms with van der Waals surface area (Å²) in [6.07, 6.45) is 6.02. The zero-order chi connectivity index (χ0) is 14.8. The van der Waals surface area contributed by atoms with Crippen molar-refractivity contribution in [1.82, 2.24) is 14.8 Å². The quantitative estimate of drug-likeness (QED) is 0.858. The molecule has 0 bridgehead atoms. The van der Waals surface area contributed by atoms with E-state index in [-0.39, 0.29) is 5.91 Å². The Morgan fingerprint density at radius 2 is 2.24 bits per heavy atom. The minimum Gasteiger partial charge on any atom is -0.334 e. The van der Waals surface area contributed by atoms with Crippen molar-refractivity contribution in [2.24, 2.45) is 0 Å². The zero-order valence-electron chi connectivity index (χ0n) is 13.0. The van der Waals surface area contributed by atoms with E-state index >= 15 is 0 Å². The van der Waals surface area contributed by atoms with Crippen LogP contribution in [0.4, 0.5) is 0 Å². The fourth-order valence-electron chi connectivity index (χ4n) is 3.39. The summed E-state index contributed by atoms with van der Waals surface area (Å²) in [5, 5.41) is 3.01. The summed E-state index contributed by atoms with van der Waals surface area (Å²) in [5.41, 5.74) is 0.647. The molecule has 0 aliphatic carbocycles. The van der Waals surface area contributed by atoms with E-state index in [1.54, 1.807) is 11.3 Å². The average molecular weight is 307 g/mol. The summed E-state index contributed by atoms with van der Waals surface area (Å²) in [6, 6.07) is 1.24. The molecule has 3 heterocycles. The standard InChI is InChI=1S/C16H25N3OS/c1-3-6-15-17-14(11-21-15)16(20)18-9-13(10-18)19-8-5-4-7-12(19)2/h11-13H,3-10H2,1-2H3. The molecule has 2 fully saturated rings. The van der Waals surface area contributed by atoms with Gasteiger partial charge in [-0.1, -0.05) is 13.3 Å². The Hall–Kier alpha value is -0.940. The first-order valence-electron chi connectivity index (χ1n) is 8.18. The highest BCUT2D eigenvalue weighted by molar-refractivity contribution is 7.09. The number of amides is 1. The second kappa shape index (κ2) is 6.44. The van der Waals surface area contributed by atoms with Gasteiger partial charge in [-0.3, -0.25) is 9.69 Å². The van der Waals surface area contributed by atoms with Crippen molar-refractivity contribution >= 4 is 17.2 Å². The third-order valence-corrected chi connectivity index (χ3v) is 5.62. The highest BCUT2D eigenvalue weighted by Gasteiger charge is 2.38. The van der Waals surface area contributed by atoms with Crippen LogP contribution in [0.3, 0.4) is 0 Å². The van der Waals surface area contributed by atoms with Crippen LogP contribution in [0.5, 0.6) is 0 Å². The van der Waals surface area contributed by atoms with E-state index in [0.29, 0.717) is 17.8 Å². The van der Waals surface area contributed by atoms with Gasteiger partial charge in [-0.25, -0.2) is 4.98 Å². The molecule has 0 N–H and O–H groups in total. The van der Waals surface area contributed by atoms with Crippen molar-refractivity contribution in [3.05, 3.63) is 16.1 Å². The SMILES string of the molecule is CCCc1nc(C(=O)N2CC(N3CCCCC3C)C2)cs1. The van der Waals surface area contributed by atoms with Crippen molar-refractivity contribution in [1.29, 1.82) is 0 Å². The zero-order valence-corrected chi connectivity index (χ0v) is 13.9. The molecule has 1 aromatic heterocycles. The first-order valence-corrected chi connectivity index (χ1v) is 9.06. The Kier molecular flexibility index (Phi) is 4.60. The third kappa shape index (κ3) is 3.14. The van der Waals surface area contributed by atoms with Gasteiger partial charge in [0.1, 0.15) is 5.69 Å². The topological polar surface area (TPSA) is 36.4 Å². The average Bonchev–Trinajstić information content (AvgIpc) is 2.88. The number of hydrogen-bond acceptors (Lipinski definition) is 4. The molecule has 0 spiro atoms. The van der Waals surface area contributed by atoms with Gasteiger partial charge in [-0.15, -0.1) is 11.3 Å². The van der Waals surface area contributed by atoms with E-state index in [1.165, 1.54) is 25.8 Å². The van der Waals surface area contributed by atoms with E-state index in [2.05, 4.69) is 23.7 Å². The fourth-order valence-corrected chi connectivity index (χ4v) is 4.27. The van der Waals surface area contributed by atoms with Gasteiger partial charge in [0.25, 0.3) is 5.91 Å². The minimum atomic E-state index is 0.120. The smallest absolute Gasteiger partial charge is 0.273 e. The first-order chi connectivity index (χ1) is 10.2. The number of rotatable bonds is 4. The highest BCUT2D eigenvalue weighted by atomic mass is 32.1. The summed E-state index contributed by atoms with van der Waals surface area (Å²) < 4.78 is 0. The minimum absolute atomic E-state index is 0.120. The lowest BCUT2D eigenvalue weighted by molar-refractivity contribution is 0.00184. The molecule has 5 heteroatoms. The Morgan fingerprint density at radius 3 is 2.95 bits per heavy atom. The van der Waals surface area contributed by atoms with Gasteiger partial charge in [-0.05, 0) is 39.2 Å². The second-order valence-corrected chi connectivity index (χ2v) is 7.27. The molecule has 1 aromatic rings. The van der Waals surface area contributed by atoms with Gasteiger partial charge in [-0.2, -0.15) is 0 Å². The van der Waals surface area contributed by atoms with Gasteiger partial charge < -0.3 is 4.90 Å². The van der Waals surface area contributed by atoms with Crippen LogP contribution in [0, 0.1) is 0 Å². The van der Waals surface area contributed by atoms with Gasteiger partial charge in [0.2, 0.25) is 0 Å². The van der Waals surface area contributed by atoms with Crippen LogP contribution < -0.4 is 0 Å². The summed E-state index contributed by atoms with van der Waals surface area (Å²) in [5.74, 6) is 0.120. The number of carbonyl (C=O) groups is 1. The summed E-state index contributed by atoms with van der Waals surface area (Å²) in [4.78, 5) is 21.4. The Morgan fingerprint density at radius 1 is 1.43 bits per heavy atom. The van der Waals surface area contributed by atoms with E-state index in [1.807, 2.05) is 10.3 Å². The molecule has 4 nitrogen and oxygen atoms in total. The number of likely N-dealkylation sites (tertiary alicyclic amines) is 2. The van der Waals surface area contributed by atoms with E-state index in [9.17, 15) is 4.79 Å². The molecule has 2 aliphatic rings. The lowest BCUT2D eigenvalue weighted by atomic mass is 9.97. The number of nitrogens with zero attached hydrogens (tertiary/aromatic N) is 3. The second-order valence-electron chi connectivity index (χ2n) is 6.32. The lowest BCUT2D eigenvalue weighted by Gasteiger charge is -2.49. The van der Waals surface area contributed by atoms with Crippen LogP contribution in [0.15, 0.2) is 5.38 Å². The molecule has 2 saturated heterocycles. The maximum Gasteiger partial charge on any atom is 0.273 e. The normalized spacial score (nSPS) is 24.1. The highest BCUT2D eigenvalue weighted by Crippen LogP contribution is 2.25. The molecule has 116 valence electrons. The Bertz CT molecular complexity index is 495. The van der Waals surface area contributed by atoms with Crippen molar-refractivity contribution in [3.63, 3.8) is 0 Å². The Balaban J connectivity index is 1.54. The van der Waals surface area contributed by atoms with Crippen LogP contribution in [0.25, 0.3) is 0 Å². The van der Waals surface area contributed by atoms with Gasteiger partial charge in [0.05, 0.1) is 5.01 Å². The van der Waals surface area contributed by atoms with Crippen molar-refractivity contribution in [2.75, 3.05) is 19.6 Å². The number of thiazole rings is 1. The van der Waals surface area contributed by atoms with Crippen LogP contribution in [0.2, 0.25) is 0 Å². The number of piperidine rings is 1. The first kappa shape index (κ1) is 15.0. The van der Waals surface area contributed by atoms with Gasteiger partial charge in [0.15, 0.2) is 0 Å². The largest absolute Gasteiger partial charge is 0.334 e. The van der Waals surface area contributed by atoms with E-state index < -0.39 is 0 Å². The number of hydrogen-bond donors (Lipinski definition) is 0. The van der Waals surface area contributed by atoms with Gasteiger partial charge >= 0.3 is 0 Å². The maximum absolute atomic E-state index is 12.4. The molecule has 2 aliphatic heterocycles. The fraction of sp³-hybridized carbons (Fsp3) is 0.750. The predicted octanol–water partition coefficient (Wildman–Crippen LogP) is 2.79. The molecule has 1 unspecified atom stereocenters. The molecule has 0 aromatic carbocycles. The molecule has 21 heavy (non-hydrogen) atoms. The molecular weight excluding hydrogens is 282 g/mol. The van der Waals surface area contributed by atoms with Gasteiger partial charge in [0, 0.05) is 30.6 Å². The van der Waals surface area contributed by atoms with Crippen LogP contribution in [-0.4, -0.2) is 52.4 Å². The monoisotopic (exact) mass is 307 g/mol. The van der Waals surface area contributed by atoms with Crippen molar-refractivity contribution in [3.8, 4) is 0 Å². The van der Waals surface area contributed by atoms with Crippen LogP contribution in [0.1, 0.15) is 55.0 Å². The Labute approximate surface area is 131 Å². The van der Waals surface area contributed by atoms with Crippen molar-refractivity contribution < 1.29 is 4.79 Å². The molecule has 1 amide bonds. The molecule has 3 rings (SSSR count). The lowest BCUT2D eigenvalue weighted by Crippen LogP contribution is -2.63. The van der Waals surface area contributed by atoms with Crippen molar-refractivity contribution in [2.45, 2.75) is 58.0 Å². The summed E-state index contributed by atoms with van der Waals surface area (Å²) in [6.45, 7) is 7.42. The van der Waals surface area contributed by atoms with E-state index in [4.69, 9.17) is 0 Å². The molecule has 0 radical (unpaired) electrons. The van der Waals surface area contributed by atoms with Crippen LogP contribution in [-0.2, 0) is 6.42 Å². The molecule has 0 saturated carbocycles. The summed E-state index contributed by atoms with van der Waals surface area (Å²) >= 11 is 1.61. The van der Waals surface area contributed by atoms with Crippen LogP contribution >= 0.6 is 11.3 Å². The van der Waals surface area contributed by atoms with E-state index in [0.717, 1.165) is 30.9 Å². The maximum atomic E-state index is 12.4. The predicted molar refractivity (Wildman–Crippen MR) is 85.8 cm³/mol. The summed E-state index contributed by atoms with van der Waals surface area (Å²) in [7, 11) is 0.